The van der Waals surface area contributed by atoms with Gasteiger partial charge in [0.15, 0.2) is 0 Å². The second kappa shape index (κ2) is 11.6. The number of rotatable bonds is 8. The van der Waals surface area contributed by atoms with E-state index in [-0.39, 0.29) is 29.4 Å². The zero-order valence-corrected chi connectivity index (χ0v) is 27.5. The maximum atomic E-state index is 14.2. The molecular formula is C33H48BN3O6S. The van der Waals surface area contributed by atoms with E-state index in [1.807, 2.05) is 28.6 Å². The molecule has 7 atom stereocenters. The first-order valence-electron chi connectivity index (χ1n) is 16.8. The summed E-state index contributed by atoms with van der Waals surface area (Å²) >= 11 is 0. The Morgan fingerprint density at radius 3 is 2.73 bits per heavy atom. The third kappa shape index (κ3) is 5.10. The van der Waals surface area contributed by atoms with E-state index in [4.69, 9.17) is 18.5 Å². The van der Waals surface area contributed by atoms with Crippen LogP contribution in [0.2, 0.25) is 0 Å². The molecule has 1 aromatic heterocycles. The van der Waals surface area contributed by atoms with Gasteiger partial charge in [0.25, 0.3) is 0 Å². The second-order valence-corrected chi connectivity index (χ2v) is 17.1. The number of furan rings is 1. The average Bonchev–Trinajstić information content (AvgIpc) is 3.76. The van der Waals surface area contributed by atoms with E-state index in [9.17, 15) is 9.00 Å². The van der Waals surface area contributed by atoms with Gasteiger partial charge in [0.2, 0.25) is 0 Å². The molecule has 6 aliphatic rings. The second-order valence-electron chi connectivity index (χ2n) is 14.6. The van der Waals surface area contributed by atoms with E-state index in [1.165, 1.54) is 6.42 Å². The van der Waals surface area contributed by atoms with E-state index in [0.29, 0.717) is 18.3 Å². The minimum absolute atomic E-state index is 0.00321. The van der Waals surface area contributed by atoms with Gasteiger partial charge in [-0.15, -0.1) is 0 Å². The quantitative estimate of drug-likeness (QED) is 0.354. The van der Waals surface area contributed by atoms with Crippen LogP contribution >= 0.6 is 0 Å². The Labute approximate surface area is 262 Å². The van der Waals surface area contributed by atoms with Crippen LogP contribution in [0.25, 0.3) is 11.0 Å². The molecule has 1 unspecified atom stereocenters. The number of fused-ring (bicyclic) bond motifs is 1. The summed E-state index contributed by atoms with van der Waals surface area (Å²) in [4.78, 5) is 13.5. The molecule has 1 amide bonds. The molecule has 0 radical (unpaired) electrons. The van der Waals surface area contributed by atoms with Crippen molar-refractivity contribution >= 4 is 34.1 Å². The first-order chi connectivity index (χ1) is 21.1. The maximum Gasteiger partial charge on any atom is 0.482 e. The SMILES string of the molecule is CN=S(=O)(C1CCCCC1)N1CCC[C@@H]1COC(=O)N[C@@H](Cc1coc2ccccc12)B1O[C@@H]2C[C@@H]3C[C@@H](C3(C)C)[C@]2(C)O1. The largest absolute Gasteiger partial charge is 0.482 e. The van der Waals surface area contributed by atoms with E-state index in [1.54, 1.807) is 13.3 Å². The Kier molecular flexibility index (Phi) is 8.07. The maximum absolute atomic E-state index is 14.2. The van der Waals surface area contributed by atoms with Gasteiger partial charge in [-0.2, -0.15) is 0 Å². The van der Waals surface area contributed by atoms with Crippen LogP contribution in [0.15, 0.2) is 39.3 Å². The lowest BCUT2D eigenvalue weighted by atomic mass is 9.43. The molecule has 9 nitrogen and oxygen atoms in total. The van der Waals surface area contributed by atoms with Crippen molar-refractivity contribution in [3.63, 3.8) is 0 Å². The fraction of sp³-hybridized carbons (Fsp3) is 0.727. The van der Waals surface area contributed by atoms with Crippen molar-refractivity contribution in [2.75, 3.05) is 20.2 Å². The highest BCUT2D eigenvalue weighted by molar-refractivity contribution is 7.92. The number of para-hydroxylation sites is 1. The highest BCUT2D eigenvalue weighted by atomic mass is 32.2. The predicted octanol–water partition coefficient (Wildman–Crippen LogP) is 6.15. The van der Waals surface area contributed by atoms with Gasteiger partial charge in [0.05, 0.1) is 35.2 Å². The number of nitrogens with zero attached hydrogens (tertiary/aromatic N) is 2. The Morgan fingerprint density at radius 2 is 1.95 bits per heavy atom. The molecule has 3 heterocycles. The third-order valence-corrected chi connectivity index (χ3v) is 14.9. The van der Waals surface area contributed by atoms with Crippen molar-refractivity contribution in [2.24, 2.45) is 21.6 Å². The van der Waals surface area contributed by atoms with Gasteiger partial charge >= 0.3 is 13.2 Å². The summed E-state index contributed by atoms with van der Waals surface area (Å²) in [6.45, 7) is 7.79. The summed E-state index contributed by atoms with van der Waals surface area (Å²) in [5.41, 5.74) is 1.63. The molecule has 8 rings (SSSR count). The van der Waals surface area contributed by atoms with Crippen LogP contribution in [0.4, 0.5) is 4.79 Å². The van der Waals surface area contributed by atoms with Crippen molar-refractivity contribution in [2.45, 2.75) is 114 Å². The Morgan fingerprint density at radius 1 is 1.16 bits per heavy atom. The number of carbonyl (C=O) groups excluding carboxylic acids is 1. The highest BCUT2D eigenvalue weighted by Gasteiger charge is 2.68. The molecule has 2 saturated heterocycles. The minimum Gasteiger partial charge on any atom is -0.464 e. The lowest BCUT2D eigenvalue weighted by Crippen LogP contribution is -2.65. The molecule has 2 bridgehead atoms. The van der Waals surface area contributed by atoms with Crippen LogP contribution in [-0.2, 0) is 30.4 Å². The summed E-state index contributed by atoms with van der Waals surface area (Å²) in [7, 11) is -1.44. The number of carbonyl (C=O) groups is 1. The van der Waals surface area contributed by atoms with Gasteiger partial charge in [-0.1, -0.05) is 51.3 Å². The van der Waals surface area contributed by atoms with E-state index < -0.39 is 34.7 Å². The lowest BCUT2D eigenvalue weighted by Gasteiger charge is -2.64. The smallest absolute Gasteiger partial charge is 0.464 e. The first kappa shape index (κ1) is 30.6. The van der Waals surface area contributed by atoms with Crippen LogP contribution < -0.4 is 5.32 Å². The molecular weight excluding hydrogens is 577 g/mol. The van der Waals surface area contributed by atoms with Crippen LogP contribution in [0.3, 0.4) is 0 Å². The van der Waals surface area contributed by atoms with Crippen LogP contribution in [0.1, 0.15) is 84.1 Å². The Bertz CT molecular complexity index is 1500. The van der Waals surface area contributed by atoms with Crippen molar-refractivity contribution in [1.82, 2.24) is 9.62 Å². The number of ether oxygens (including phenoxy) is 1. The van der Waals surface area contributed by atoms with Gasteiger partial charge < -0.3 is 23.8 Å². The molecule has 1 N–H and O–H groups in total. The third-order valence-electron chi connectivity index (χ3n) is 11.9. The number of amides is 1. The Hall–Kier alpha value is -2.08. The summed E-state index contributed by atoms with van der Waals surface area (Å²) in [5.74, 6) is 0.584. The number of hydrogen-bond donors (Lipinski definition) is 1. The summed E-state index contributed by atoms with van der Waals surface area (Å²) in [5, 5.41) is 4.23. The van der Waals surface area contributed by atoms with E-state index in [0.717, 1.165) is 74.4 Å². The lowest BCUT2D eigenvalue weighted by molar-refractivity contribution is -0.199. The fourth-order valence-corrected chi connectivity index (χ4v) is 12.0. The monoisotopic (exact) mass is 625 g/mol. The fourth-order valence-electron chi connectivity index (χ4n) is 9.22. The van der Waals surface area contributed by atoms with Crippen molar-refractivity contribution < 1.29 is 27.5 Å². The average molecular weight is 626 g/mol. The molecule has 11 heteroatoms. The summed E-state index contributed by atoms with van der Waals surface area (Å²) < 4.78 is 45.9. The topological polar surface area (TPSA) is 103 Å². The van der Waals surface area contributed by atoms with Gasteiger partial charge in [-0.05, 0) is 80.8 Å². The summed E-state index contributed by atoms with van der Waals surface area (Å²) in [6.07, 6.45) is 10.9. The zero-order valence-electron chi connectivity index (χ0n) is 26.7. The molecule has 4 aliphatic carbocycles. The van der Waals surface area contributed by atoms with Gasteiger partial charge in [-0.25, -0.2) is 17.7 Å². The van der Waals surface area contributed by atoms with Gasteiger partial charge in [0, 0.05) is 19.0 Å². The van der Waals surface area contributed by atoms with Crippen LogP contribution in [0.5, 0.6) is 0 Å². The molecule has 44 heavy (non-hydrogen) atoms. The standard InChI is InChI=1S/C33H48BN3O6S/c1-32(2)23-18-28(32)33(3)29(19-23)42-34(43-33)30(17-22-20-40-27-15-9-8-14-26(22)27)36-31(38)41-21-24-11-10-16-37(24)44(39,35-4)25-12-6-5-7-13-25/h8-9,14-15,20,23-25,28-30H,5-7,10-13,16-19,21H2,1-4H3,(H,36,38)/t23-,24+,28-,29+,30-,33-,44?/m0/s1. The number of nitrogens with one attached hydrogen (secondary N) is 1. The molecule has 2 aromatic rings. The van der Waals surface area contributed by atoms with E-state index >= 15 is 0 Å². The molecule has 6 fully saturated rings. The molecule has 2 aliphatic heterocycles. The predicted molar refractivity (Wildman–Crippen MR) is 171 cm³/mol. The first-order valence-corrected chi connectivity index (χ1v) is 18.3. The molecule has 1 aromatic carbocycles. The highest BCUT2D eigenvalue weighted by Crippen LogP contribution is 2.65. The Balaban J connectivity index is 1.06. The van der Waals surface area contributed by atoms with Crippen molar-refractivity contribution in [1.29, 1.82) is 0 Å². The van der Waals surface area contributed by atoms with Gasteiger partial charge in [-0.3, -0.25) is 0 Å². The summed E-state index contributed by atoms with van der Waals surface area (Å²) in [6, 6.07) is 7.83. The number of alkyl carbamates (subject to hydrolysis) is 1. The minimum atomic E-state index is -2.53. The van der Waals surface area contributed by atoms with Crippen molar-refractivity contribution in [3.8, 4) is 0 Å². The molecule has 4 saturated carbocycles. The number of benzene rings is 1. The van der Waals surface area contributed by atoms with Crippen LogP contribution in [0, 0.1) is 17.3 Å². The van der Waals surface area contributed by atoms with E-state index in [2.05, 4.69) is 30.5 Å². The molecule has 240 valence electrons. The van der Waals surface area contributed by atoms with Gasteiger partial charge in [0.1, 0.15) is 22.1 Å². The molecule has 0 spiro atoms. The normalized spacial score (nSPS) is 33.8. The van der Waals surface area contributed by atoms with Crippen molar-refractivity contribution in [3.05, 3.63) is 36.1 Å². The number of hydrogen-bond acceptors (Lipinski definition) is 7. The zero-order chi connectivity index (χ0) is 30.7. The van der Waals surface area contributed by atoms with Crippen LogP contribution in [-0.4, -0.2) is 70.9 Å².